The van der Waals surface area contributed by atoms with E-state index in [-0.39, 0.29) is 17.0 Å². The number of urea groups is 1. The minimum atomic E-state index is -3.72. The van der Waals surface area contributed by atoms with Crippen LogP contribution in [0.2, 0.25) is 0 Å². The van der Waals surface area contributed by atoms with Crippen LogP contribution in [0.15, 0.2) is 53.4 Å². The summed E-state index contributed by atoms with van der Waals surface area (Å²) in [6, 6.07) is 13.2. The van der Waals surface area contributed by atoms with E-state index in [1.165, 1.54) is 12.1 Å². The standard InChI is InChI=1S/C17H21N3O3S/c1-12-4-8-15(9-5-12)19-17(21)20(3)13(2)14-6-10-16(11-7-14)24(18,22)23/h4-11,13H,1-3H3,(H,19,21)(H2,18,22,23)/t13-/m0/s1. The number of carbonyl (C=O) groups excluding carboxylic acids is 1. The van der Waals surface area contributed by atoms with Gasteiger partial charge >= 0.3 is 6.03 Å². The van der Waals surface area contributed by atoms with Crippen molar-refractivity contribution in [1.82, 2.24) is 4.90 Å². The van der Waals surface area contributed by atoms with Gasteiger partial charge in [-0.05, 0) is 43.7 Å². The van der Waals surface area contributed by atoms with Gasteiger partial charge in [0, 0.05) is 12.7 Å². The first-order chi connectivity index (χ1) is 11.2. The molecule has 0 radical (unpaired) electrons. The maximum atomic E-state index is 12.3. The van der Waals surface area contributed by atoms with E-state index in [0.29, 0.717) is 5.69 Å². The van der Waals surface area contributed by atoms with Crippen LogP contribution in [-0.2, 0) is 10.0 Å². The van der Waals surface area contributed by atoms with Crippen molar-refractivity contribution in [1.29, 1.82) is 0 Å². The summed E-state index contributed by atoms with van der Waals surface area (Å²) < 4.78 is 22.6. The van der Waals surface area contributed by atoms with E-state index in [1.54, 1.807) is 24.1 Å². The SMILES string of the molecule is Cc1ccc(NC(=O)N(C)[C@@H](C)c2ccc(S(N)(=O)=O)cc2)cc1. The van der Waals surface area contributed by atoms with Crippen molar-refractivity contribution >= 4 is 21.7 Å². The van der Waals surface area contributed by atoms with Gasteiger partial charge < -0.3 is 10.2 Å². The first-order valence-corrected chi connectivity index (χ1v) is 8.96. The summed E-state index contributed by atoms with van der Waals surface area (Å²) in [6.07, 6.45) is 0. The Morgan fingerprint density at radius 1 is 1.08 bits per heavy atom. The first-order valence-electron chi connectivity index (χ1n) is 7.42. The Morgan fingerprint density at radius 2 is 1.62 bits per heavy atom. The highest BCUT2D eigenvalue weighted by molar-refractivity contribution is 7.89. The van der Waals surface area contributed by atoms with Crippen molar-refractivity contribution in [2.45, 2.75) is 24.8 Å². The molecule has 6 nitrogen and oxygen atoms in total. The summed E-state index contributed by atoms with van der Waals surface area (Å²) >= 11 is 0. The molecule has 0 aliphatic heterocycles. The second-order valence-corrected chi connectivity index (χ2v) is 7.26. The number of carbonyl (C=O) groups is 1. The third kappa shape index (κ3) is 4.33. The summed E-state index contributed by atoms with van der Waals surface area (Å²) in [4.78, 5) is 13.9. The van der Waals surface area contributed by atoms with Crippen molar-refractivity contribution in [3.63, 3.8) is 0 Å². The van der Waals surface area contributed by atoms with Gasteiger partial charge in [0.15, 0.2) is 0 Å². The smallest absolute Gasteiger partial charge is 0.321 e. The van der Waals surface area contributed by atoms with E-state index < -0.39 is 10.0 Å². The van der Waals surface area contributed by atoms with E-state index in [4.69, 9.17) is 5.14 Å². The molecule has 3 N–H and O–H groups in total. The molecule has 1 atom stereocenters. The monoisotopic (exact) mass is 347 g/mol. The second-order valence-electron chi connectivity index (χ2n) is 5.70. The predicted molar refractivity (Wildman–Crippen MR) is 94.2 cm³/mol. The molecule has 0 fully saturated rings. The molecule has 0 saturated heterocycles. The first kappa shape index (κ1) is 18.0. The Balaban J connectivity index is 2.09. The fraction of sp³-hybridized carbons (Fsp3) is 0.235. The lowest BCUT2D eigenvalue weighted by Crippen LogP contribution is -2.33. The van der Waals surface area contributed by atoms with Crippen LogP contribution in [-0.4, -0.2) is 26.4 Å². The van der Waals surface area contributed by atoms with Gasteiger partial charge in [0.2, 0.25) is 10.0 Å². The average Bonchev–Trinajstić information content (AvgIpc) is 2.55. The fourth-order valence-electron chi connectivity index (χ4n) is 2.18. The van der Waals surface area contributed by atoms with Gasteiger partial charge in [-0.2, -0.15) is 0 Å². The molecular weight excluding hydrogens is 326 g/mol. The molecule has 0 spiro atoms. The number of rotatable bonds is 4. The molecule has 2 amide bonds. The lowest BCUT2D eigenvalue weighted by atomic mass is 10.1. The van der Waals surface area contributed by atoms with Gasteiger partial charge in [-0.15, -0.1) is 0 Å². The van der Waals surface area contributed by atoms with Gasteiger partial charge in [-0.3, -0.25) is 0 Å². The van der Waals surface area contributed by atoms with Gasteiger partial charge in [-0.25, -0.2) is 18.4 Å². The summed E-state index contributed by atoms with van der Waals surface area (Å²) in [5.74, 6) is 0. The fourth-order valence-corrected chi connectivity index (χ4v) is 2.70. The average molecular weight is 347 g/mol. The number of amides is 2. The molecular formula is C17H21N3O3S. The zero-order valence-electron chi connectivity index (χ0n) is 13.9. The van der Waals surface area contributed by atoms with Crippen LogP contribution in [0.1, 0.15) is 24.1 Å². The number of hydrogen-bond acceptors (Lipinski definition) is 3. The quantitative estimate of drug-likeness (QED) is 0.890. The molecule has 0 heterocycles. The Morgan fingerprint density at radius 3 is 2.12 bits per heavy atom. The van der Waals surface area contributed by atoms with E-state index in [0.717, 1.165) is 11.1 Å². The van der Waals surface area contributed by atoms with Gasteiger partial charge in [-0.1, -0.05) is 29.8 Å². The number of sulfonamides is 1. The molecule has 2 aromatic carbocycles. The number of nitrogens with one attached hydrogen (secondary N) is 1. The number of anilines is 1. The van der Waals surface area contributed by atoms with Crippen LogP contribution >= 0.6 is 0 Å². The van der Waals surface area contributed by atoms with E-state index in [1.807, 2.05) is 38.1 Å². The molecule has 2 aromatic rings. The highest BCUT2D eigenvalue weighted by Gasteiger charge is 2.18. The third-order valence-corrected chi connectivity index (χ3v) is 4.82. The number of nitrogens with zero attached hydrogens (tertiary/aromatic N) is 1. The number of hydrogen-bond donors (Lipinski definition) is 2. The molecule has 7 heteroatoms. The van der Waals surface area contributed by atoms with Crippen molar-refractivity contribution in [3.05, 3.63) is 59.7 Å². The summed E-state index contributed by atoms with van der Waals surface area (Å²) in [6.45, 7) is 3.84. The van der Waals surface area contributed by atoms with Crippen molar-refractivity contribution in [2.24, 2.45) is 5.14 Å². The molecule has 0 aliphatic rings. The van der Waals surface area contributed by atoms with E-state index >= 15 is 0 Å². The second kappa shape index (κ2) is 7.02. The highest BCUT2D eigenvalue weighted by Crippen LogP contribution is 2.21. The van der Waals surface area contributed by atoms with Crippen LogP contribution in [0.4, 0.5) is 10.5 Å². The van der Waals surface area contributed by atoms with Gasteiger partial charge in [0.05, 0.1) is 10.9 Å². The molecule has 2 rings (SSSR count). The predicted octanol–water partition coefficient (Wildman–Crippen LogP) is 2.87. The largest absolute Gasteiger partial charge is 0.322 e. The normalized spacial score (nSPS) is 12.5. The summed E-state index contributed by atoms with van der Waals surface area (Å²) in [5.41, 5.74) is 2.64. The van der Waals surface area contributed by atoms with Crippen LogP contribution in [0.3, 0.4) is 0 Å². The number of benzene rings is 2. The maximum absolute atomic E-state index is 12.3. The number of aryl methyl sites for hydroxylation is 1. The summed E-state index contributed by atoms with van der Waals surface area (Å²) in [7, 11) is -2.04. The Hall–Kier alpha value is -2.38. The van der Waals surface area contributed by atoms with E-state index in [2.05, 4.69) is 5.32 Å². The molecule has 0 bridgehead atoms. The van der Waals surface area contributed by atoms with Crippen molar-refractivity contribution in [3.8, 4) is 0 Å². The molecule has 128 valence electrons. The topological polar surface area (TPSA) is 92.5 Å². The van der Waals surface area contributed by atoms with Gasteiger partial charge in [0.1, 0.15) is 0 Å². The van der Waals surface area contributed by atoms with Crippen LogP contribution < -0.4 is 10.5 Å². The molecule has 0 unspecified atom stereocenters. The van der Waals surface area contributed by atoms with Crippen LogP contribution in [0.5, 0.6) is 0 Å². The molecule has 24 heavy (non-hydrogen) atoms. The van der Waals surface area contributed by atoms with Crippen LogP contribution in [0, 0.1) is 6.92 Å². The number of primary sulfonamides is 1. The lowest BCUT2D eigenvalue weighted by Gasteiger charge is -2.25. The Bertz CT molecular complexity index is 815. The van der Waals surface area contributed by atoms with Gasteiger partial charge in [0.25, 0.3) is 0 Å². The lowest BCUT2D eigenvalue weighted by molar-refractivity contribution is 0.208. The third-order valence-electron chi connectivity index (χ3n) is 3.90. The maximum Gasteiger partial charge on any atom is 0.322 e. The molecule has 0 aromatic heterocycles. The summed E-state index contributed by atoms with van der Waals surface area (Å²) in [5, 5.41) is 7.91. The Kier molecular flexibility index (Phi) is 5.26. The van der Waals surface area contributed by atoms with Crippen molar-refractivity contribution in [2.75, 3.05) is 12.4 Å². The minimum Gasteiger partial charge on any atom is -0.321 e. The molecule has 0 aliphatic carbocycles. The Labute approximate surface area is 142 Å². The zero-order valence-corrected chi connectivity index (χ0v) is 14.7. The number of nitrogens with two attached hydrogens (primary N) is 1. The minimum absolute atomic E-state index is 0.0465. The molecule has 0 saturated carbocycles. The van der Waals surface area contributed by atoms with Crippen LogP contribution in [0.25, 0.3) is 0 Å². The van der Waals surface area contributed by atoms with Crippen molar-refractivity contribution < 1.29 is 13.2 Å². The highest BCUT2D eigenvalue weighted by atomic mass is 32.2. The van der Waals surface area contributed by atoms with E-state index in [9.17, 15) is 13.2 Å². The zero-order chi connectivity index (χ0) is 17.9.